The molecule has 0 aromatic carbocycles. The molecule has 1 rings (SSSR count). The molecule has 1 aromatic heterocycles. The van der Waals surface area contributed by atoms with Gasteiger partial charge in [0.15, 0.2) is 0 Å². The number of hydrogen-bond donors (Lipinski definition) is 1. The van der Waals surface area contributed by atoms with E-state index in [1.165, 1.54) is 12.3 Å². The summed E-state index contributed by atoms with van der Waals surface area (Å²) in [5.74, 6) is -0.869. The van der Waals surface area contributed by atoms with Crippen LogP contribution in [-0.2, 0) is 10.2 Å². The minimum atomic E-state index is -0.869. The molecule has 0 fully saturated rings. The first-order chi connectivity index (χ1) is 6.83. The Labute approximate surface area is 98.0 Å². The lowest BCUT2D eigenvalue weighted by Crippen LogP contribution is -2.22. The maximum atomic E-state index is 10.7. The van der Waals surface area contributed by atoms with Crippen molar-refractivity contribution in [2.75, 3.05) is 0 Å². The fourth-order valence-electron chi connectivity index (χ4n) is 1.38. The van der Waals surface area contributed by atoms with Gasteiger partial charge in [-0.15, -0.1) is 0 Å². The van der Waals surface area contributed by atoms with Crippen molar-refractivity contribution in [2.24, 2.45) is 0 Å². The summed E-state index contributed by atoms with van der Waals surface area (Å²) in [6.45, 7) is 3.61. The minimum Gasteiger partial charge on any atom is -0.481 e. The number of pyridine rings is 1. The first-order valence-corrected chi connectivity index (χ1v) is 5.12. The van der Waals surface area contributed by atoms with Crippen molar-refractivity contribution in [2.45, 2.75) is 25.7 Å². The van der Waals surface area contributed by atoms with Crippen LogP contribution in [0.15, 0.2) is 12.3 Å². The average Bonchev–Trinajstić information content (AvgIpc) is 1.99. The number of halogens is 2. The van der Waals surface area contributed by atoms with Crippen LogP contribution in [-0.4, -0.2) is 16.1 Å². The largest absolute Gasteiger partial charge is 0.481 e. The van der Waals surface area contributed by atoms with Gasteiger partial charge in [0.2, 0.25) is 0 Å². The van der Waals surface area contributed by atoms with Crippen LogP contribution in [0.25, 0.3) is 0 Å². The zero-order valence-electron chi connectivity index (χ0n) is 8.42. The number of aromatic nitrogens is 1. The maximum Gasteiger partial charge on any atom is 0.304 e. The molecule has 0 saturated carbocycles. The summed E-state index contributed by atoms with van der Waals surface area (Å²) < 4.78 is 0. The van der Waals surface area contributed by atoms with Gasteiger partial charge in [0, 0.05) is 16.6 Å². The van der Waals surface area contributed by atoms with Crippen LogP contribution in [0.4, 0.5) is 0 Å². The number of hydrogen-bond acceptors (Lipinski definition) is 2. The lowest BCUT2D eigenvalue weighted by molar-refractivity contribution is -0.138. The molecule has 0 aliphatic rings. The van der Waals surface area contributed by atoms with Crippen LogP contribution in [0.3, 0.4) is 0 Å². The fraction of sp³-hybridized carbons (Fsp3) is 0.400. The van der Waals surface area contributed by atoms with Gasteiger partial charge in [0.1, 0.15) is 5.15 Å². The number of rotatable bonds is 3. The van der Waals surface area contributed by atoms with Crippen LogP contribution in [0, 0.1) is 0 Å². The highest BCUT2D eigenvalue weighted by Crippen LogP contribution is 2.33. The Morgan fingerprint density at radius 1 is 1.53 bits per heavy atom. The van der Waals surface area contributed by atoms with E-state index in [0.717, 1.165) is 0 Å². The zero-order valence-corrected chi connectivity index (χ0v) is 9.93. The summed E-state index contributed by atoms with van der Waals surface area (Å²) in [6.07, 6.45) is 1.52. The Bertz CT molecular complexity index is 391. The Morgan fingerprint density at radius 2 is 2.13 bits per heavy atom. The molecular formula is C10H11Cl2NO2. The molecule has 82 valence electrons. The van der Waals surface area contributed by atoms with Gasteiger partial charge in [0.05, 0.1) is 6.42 Å². The second-order valence-corrected chi connectivity index (χ2v) is 4.74. The van der Waals surface area contributed by atoms with Crippen molar-refractivity contribution in [3.63, 3.8) is 0 Å². The van der Waals surface area contributed by atoms with E-state index in [1.54, 1.807) is 13.8 Å². The van der Waals surface area contributed by atoms with Crippen molar-refractivity contribution < 1.29 is 9.90 Å². The first kappa shape index (κ1) is 12.3. The molecule has 1 aromatic rings. The molecule has 0 bridgehead atoms. The number of carboxylic acids is 1. The summed E-state index contributed by atoms with van der Waals surface area (Å²) in [4.78, 5) is 14.6. The van der Waals surface area contributed by atoms with E-state index in [0.29, 0.717) is 15.7 Å². The second kappa shape index (κ2) is 4.37. The van der Waals surface area contributed by atoms with Gasteiger partial charge >= 0.3 is 5.97 Å². The smallest absolute Gasteiger partial charge is 0.304 e. The van der Waals surface area contributed by atoms with E-state index in [-0.39, 0.29) is 6.42 Å². The van der Waals surface area contributed by atoms with Gasteiger partial charge < -0.3 is 5.11 Å². The minimum absolute atomic E-state index is 0.00394. The van der Waals surface area contributed by atoms with Gasteiger partial charge in [0.25, 0.3) is 0 Å². The van der Waals surface area contributed by atoms with Crippen molar-refractivity contribution in [3.05, 3.63) is 28.0 Å². The molecule has 1 N–H and O–H groups in total. The topological polar surface area (TPSA) is 50.2 Å². The molecule has 1 heterocycles. The maximum absolute atomic E-state index is 10.7. The molecule has 0 atom stereocenters. The zero-order chi connectivity index (χ0) is 11.6. The standard InChI is InChI=1S/C10H11Cl2NO2/c1-10(2,4-9(14)15)6-5-13-8(12)3-7(6)11/h3,5H,4H2,1-2H3,(H,14,15). The summed E-state index contributed by atoms with van der Waals surface area (Å²) in [5, 5.41) is 9.51. The quantitative estimate of drug-likeness (QED) is 0.836. The third kappa shape index (κ3) is 3.08. The Kier molecular flexibility index (Phi) is 3.58. The molecule has 0 amide bonds. The molecule has 0 unspecified atom stereocenters. The molecule has 0 spiro atoms. The van der Waals surface area contributed by atoms with Crippen molar-refractivity contribution in [1.82, 2.24) is 4.98 Å². The molecular weight excluding hydrogens is 237 g/mol. The first-order valence-electron chi connectivity index (χ1n) is 4.36. The number of nitrogens with zero attached hydrogens (tertiary/aromatic N) is 1. The Balaban J connectivity index is 3.09. The van der Waals surface area contributed by atoms with Gasteiger partial charge in [-0.1, -0.05) is 37.0 Å². The molecule has 15 heavy (non-hydrogen) atoms. The molecule has 0 aliphatic heterocycles. The van der Waals surface area contributed by atoms with Crippen molar-refractivity contribution in [1.29, 1.82) is 0 Å². The molecule has 3 nitrogen and oxygen atoms in total. The van der Waals surface area contributed by atoms with E-state index in [4.69, 9.17) is 28.3 Å². The monoisotopic (exact) mass is 247 g/mol. The van der Waals surface area contributed by atoms with Crippen LogP contribution in [0.5, 0.6) is 0 Å². The van der Waals surface area contributed by atoms with E-state index in [1.807, 2.05) is 0 Å². The summed E-state index contributed by atoms with van der Waals surface area (Å²) in [7, 11) is 0. The predicted octanol–water partition coefficient (Wildman–Crippen LogP) is 3.14. The second-order valence-electron chi connectivity index (χ2n) is 3.94. The van der Waals surface area contributed by atoms with Gasteiger partial charge in [-0.2, -0.15) is 0 Å². The van der Waals surface area contributed by atoms with Gasteiger partial charge in [-0.3, -0.25) is 4.79 Å². The number of carbonyl (C=O) groups is 1. The summed E-state index contributed by atoms with van der Waals surface area (Å²) in [6, 6.07) is 1.52. The van der Waals surface area contributed by atoms with Crippen molar-refractivity contribution >= 4 is 29.2 Å². The van der Waals surface area contributed by atoms with Crippen LogP contribution in [0.1, 0.15) is 25.8 Å². The van der Waals surface area contributed by atoms with Crippen molar-refractivity contribution in [3.8, 4) is 0 Å². The highest BCUT2D eigenvalue weighted by molar-refractivity contribution is 6.34. The third-order valence-electron chi connectivity index (χ3n) is 2.14. The lowest BCUT2D eigenvalue weighted by Gasteiger charge is -2.23. The summed E-state index contributed by atoms with van der Waals surface area (Å²) in [5.41, 5.74) is 0.136. The molecule has 0 aliphatic carbocycles. The third-order valence-corrected chi connectivity index (χ3v) is 2.66. The Hall–Kier alpha value is -0.800. The normalized spacial score (nSPS) is 11.5. The van der Waals surface area contributed by atoms with Gasteiger partial charge in [-0.25, -0.2) is 4.98 Å². The lowest BCUT2D eigenvalue weighted by atomic mass is 9.82. The highest BCUT2D eigenvalue weighted by atomic mass is 35.5. The SMILES string of the molecule is CC(C)(CC(=O)O)c1cnc(Cl)cc1Cl. The highest BCUT2D eigenvalue weighted by Gasteiger charge is 2.26. The van der Waals surface area contributed by atoms with E-state index >= 15 is 0 Å². The predicted molar refractivity (Wildman–Crippen MR) is 59.5 cm³/mol. The Morgan fingerprint density at radius 3 is 2.60 bits per heavy atom. The fourth-order valence-corrected chi connectivity index (χ4v) is 2.00. The molecule has 5 heteroatoms. The number of carboxylic acid groups (broad SMARTS) is 1. The average molecular weight is 248 g/mol. The van der Waals surface area contributed by atoms with E-state index in [9.17, 15) is 4.79 Å². The van der Waals surface area contributed by atoms with Crippen LogP contribution >= 0.6 is 23.2 Å². The summed E-state index contributed by atoms with van der Waals surface area (Å²) >= 11 is 11.6. The van der Waals surface area contributed by atoms with E-state index in [2.05, 4.69) is 4.98 Å². The van der Waals surface area contributed by atoms with Crippen LogP contribution < -0.4 is 0 Å². The number of aliphatic carboxylic acids is 1. The van der Waals surface area contributed by atoms with Crippen LogP contribution in [0.2, 0.25) is 10.2 Å². The molecule has 0 radical (unpaired) electrons. The van der Waals surface area contributed by atoms with E-state index < -0.39 is 11.4 Å². The van der Waals surface area contributed by atoms with Gasteiger partial charge in [-0.05, 0) is 11.6 Å². The molecule has 0 saturated heterocycles.